The number of benzene rings is 1. The number of thioether (sulfide) groups is 1. The standard InChI is InChI=1S/C16H18N4O2S/c1-9(2)18-14(21)10(3)23-16-20-19-15(22-16)12-8-17-13-7-5-4-6-11(12)13/h4-10,17H,1-3H3,(H,18,21). The molecule has 0 aliphatic heterocycles. The average Bonchev–Trinajstić information content (AvgIpc) is 3.12. The number of nitrogens with zero attached hydrogens (tertiary/aromatic N) is 2. The third-order valence-corrected chi connectivity index (χ3v) is 4.24. The Balaban J connectivity index is 1.77. The van der Waals surface area contributed by atoms with Crippen LogP contribution in [0.25, 0.3) is 22.4 Å². The molecule has 2 aromatic heterocycles. The smallest absolute Gasteiger partial charge is 0.277 e. The fourth-order valence-electron chi connectivity index (χ4n) is 2.22. The van der Waals surface area contributed by atoms with Gasteiger partial charge in [-0.15, -0.1) is 10.2 Å². The van der Waals surface area contributed by atoms with Gasteiger partial charge in [0.25, 0.3) is 11.1 Å². The first-order valence-electron chi connectivity index (χ1n) is 7.41. The van der Waals surface area contributed by atoms with Gasteiger partial charge in [0.1, 0.15) is 0 Å². The summed E-state index contributed by atoms with van der Waals surface area (Å²) in [6, 6.07) is 8.02. The Hall–Kier alpha value is -2.28. The molecule has 0 radical (unpaired) electrons. The summed E-state index contributed by atoms with van der Waals surface area (Å²) in [5.74, 6) is 0.401. The number of nitrogens with one attached hydrogen (secondary N) is 2. The van der Waals surface area contributed by atoms with E-state index in [1.54, 1.807) is 0 Å². The van der Waals surface area contributed by atoms with E-state index < -0.39 is 0 Å². The van der Waals surface area contributed by atoms with Crippen LogP contribution in [-0.2, 0) is 4.79 Å². The van der Waals surface area contributed by atoms with Crippen LogP contribution in [0.4, 0.5) is 0 Å². The van der Waals surface area contributed by atoms with E-state index in [0.29, 0.717) is 11.1 Å². The second-order valence-electron chi connectivity index (χ2n) is 5.54. The van der Waals surface area contributed by atoms with E-state index in [0.717, 1.165) is 16.5 Å². The lowest BCUT2D eigenvalue weighted by Gasteiger charge is -2.12. The molecule has 2 N–H and O–H groups in total. The van der Waals surface area contributed by atoms with Crippen LogP contribution in [0.15, 0.2) is 40.1 Å². The molecule has 1 atom stereocenters. The zero-order valence-corrected chi connectivity index (χ0v) is 14.0. The van der Waals surface area contributed by atoms with E-state index >= 15 is 0 Å². The Morgan fingerprint density at radius 1 is 1.26 bits per heavy atom. The SMILES string of the molecule is CC(C)NC(=O)C(C)Sc1nnc(-c2c[nH]c3ccccc23)o1. The molecule has 3 aromatic rings. The van der Waals surface area contributed by atoms with E-state index in [2.05, 4.69) is 20.5 Å². The molecule has 0 aliphatic carbocycles. The van der Waals surface area contributed by atoms with Gasteiger partial charge in [-0.05, 0) is 26.8 Å². The number of carbonyl (C=O) groups is 1. The van der Waals surface area contributed by atoms with Crippen molar-refractivity contribution in [3.63, 3.8) is 0 Å². The van der Waals surface area contributed by atoms with Gasteiger partial charge in [-0.1, -0.05) is 30.0 Å². The predicted octanol–water partition coefficient (Wildman–Crippen LogP) is 3.22. The number of aromatic nitrogens is 3. The molecule has 7 heteroatoms. The van der Waals surface area contributed by atoms with Crippen LogP contribution in [0.2, 0.25) is 0 Å². The van der Waals surface area contributed by atoms with Crippen molar-refractivity contribution >= 4 is 28.6 Å². The molecule has 2 heterocycles. The molecule has 0 aliphatic rings. The molecule has 1 aromatic carbocycles. The maximum absolute atomic E-state index is 11.9. The minimum Gasteiger partial charge on any atom is -0.411 e. The number of H-pyrrole nitrogens is 1. The zero-order valence-electron chi connectivity index (χ0n) is 13.2. The number of fused-ring (bicyclic) bond motifs is 1. The Bertz CT molecular complexity index is 824. The minimum atomic E-state index is -0.298. The number of hydrogen-bond acceptors (Lipinski definition) is 5. The number of para-hydroxylation sites is 1. The van der Waals surface area contributed by atoms with Crippen molar-refractivity contribution in [2.45, 2.75) is 37.3 Å². The monoisotopic (exact) mass is 330 g/mol. The maximum atomic E-state index is 11.9. The highest BCUT2D eigenvalue weighted by atomic mass is 32.2. The van der Waals surface area contributed by atoms with Crippen LogP contribution in [0, 0.1) is 0 Å². The van der Waals surface area contributed by atoms with Crippen LogP contribution in [0.5, 0.6) is 0 Å². The fraction of sp³-hybridized carbons (Fsp3) is 0.312. The molecule has 0 fully saturated rings. The molecular weight excluding hydrogens is 312 g/mol. The van der Waals surface area contributed by atoms with Crippen molar-refractivity contribution in [2.75, 3.05) is 0 Å². The molecule has 120 valence electrons. The average molecular weight is 330 g/mol. The summed E-state index contributed by atoms with van der Waals surface area (Å²) in [4.78, 5) is 15.1. The highest BCUT2D eigenvalue weighted by molar-refractivity contribution is 8.00. The maximum Gasteiger partial charge on any atom is 0.277 e. The summed E-state index contributed by atoms with van der Waals surface area (Å²) >= 11 is 1.25. The largest absolute Gasteiger partial charge is 0.411 e. The fourth-order valence-corrected chi connectivity index (χ4v) is 2.91. The van der Waals surface area contributed by atoms with Gasteiger partial charge in [-0.2, -0.15) is 0 Å². The third-order valence-electron chi connectivity index (χ3n) is 3.30. The number of hydrogen-bond donors (Lipinski definition) is 2. The van der Waals surface area contributed by atoms with Crippen LogP contribution in [0.1, 0.15) is 20.8 Å². The highest BCUT2D eigenvalue weighted by Gasteiger charge is 2.20. The van der Waals surface area contributed by atoms with Gasteiger partial charge in [0, 0.05) is 23.1 Å². The van der Waals surface area contributed by atoms with Crippen LogP contribution in [0.3, 0.4) is 0 Å². The van der Waals surface area contributed by atoms with Gasteiger partial charge in [0.2, 0.25) is 5.91 Å². The molecule has 3 rings (SSSR count). The second-order valence-corrected chi connectivity index (χ2v) is 6.84. The van der Waals surface area contributed by atoms with Crippen LogP contribution >= 0.6 is 11.8 Å². The van der Waals surface area contributed by atoms with Crippen molar-refractivity contribution in [1.82, 2.24) is 20.5 Å². The topological polar surface area (TPSA) is 83.8 Å². The normalized spacial score (nSPS) is 12.7. The molecular formula is C16H18N4O2S. The van der Waals surface area contributed by atoms with Crippen LogP contribution < -0.4 is 5.32 Å². The minimum absolute atomic E-state index is 0.0446. The number of aromatic amines is 1. The van der Waals surface area contributed by atoms with Gasteiger partial charge in [-0.3, -0.25) is 4.79 Å². The van der Waals surface area contributed by atoms with Crippen molar-refractivity contribution in [1.29, 1.82) is 0 Å². The first-order valence-corrected chi connectivity index (χ1v) is 8.29. The zero-order chi connectivity index (χ0) is 16.4. The van der Waals surface area contributed by atoms with Gasteiger partial charge in [0.05, 0.1) is 10.8 Å². The molecule has 0 bridgehead atoms. The summed E-state index contributed by atoms with van der Waals surface area (Å²) in [5.41, 5.74) is 1.87. The van der Waals surface area contributed by atoms with Crippen molar-refractivity contribution in [3.05, 3.63) is 30.5 Å². The molecule has 0 spiro atoms. The van der Waals surface area contributed by atoms with E-state index in [9.17, 15) is 4.79 Å². The van der Waals surface area contributed by atoms with E-state index in [-0.39, 0.29) is 17.2 Å². The molecule has 0 saturated heterocycles. The molecule has 1 amide bonds. The first kappa shape index (κ1) is 15.6. The number of amides is 1. The molecule has 23 heavy (non-hydrogen) atoms. The summed E-state index contributed by atoms with van der Waals surface area (Å²) in [6.45, 7) is 5.67. The van der Waals surface area contributed by atoms with Gasteiger partial charge in [0.15, 0.2) is 0 Å². The van der Waals surface area contributed by atoms with E-state index in [1.165, 1.54) is 11.8 Å². The van der Waals surface area contributed by atoms with Crippen LogP contribution in [-0.4, -0.2) is 32.4 Å². The summed E-state index contributed by atoms with van der Waals surface area (Å²) in [6.07, 6.45) is 1.85. The number of carbonyl (C=O) groups excluding carboxylic acids is 1. The van der Waals surface area contributed by atoms with Crippen molar-refractivity contribution in [2.24, 2.45) is 0 Å². The highest BCUT2D eigenvalue weighted by Crippen LogP contribution is 2.30. The molecule has 6 nitrogen and oxygen atoms in total. The predicted molar refractivity (Wildman–Crippen MR) is 90.2 cm³/mol. The third kappa shape index (κ3) is 3.39. The van der Waals surface area contributed by atoms with Crippen molar-refractivity contribution in [3.8, 4) is 11.5 Å². The Kier molecular flexibility index (Phi) is 4.38. The first-order chi connectivity index (χ1) is 11.0. The van der Waals surface area contributed by atoms with Gasteiger partial charge in [-0.25, -0.2) is 0 Å². The van der Waals surface area contributed by atoms with E-state index in [4.69, 9.17) is 4.42 Å². The quantitative estimate of drug-likeness (QED) is 0.702. The lowest BCUT2D eigenvalue weighted by atomic mass is 10.2. The summed E-state index contributed by atoms with van der Waals surface area (Å²) < 4.78 is 5.70. The summed E-state index contributed by atoms with van der Waals surface area (Å²) in [5, 5.41) is 12.1. The van der Waals surface area contributed by atoms with Gasteiger partial charge >= 0.3 is 0 Å². The Labute approximate surface area is 138 Å². The van der Waals surface area contributed by atoms with E-state index in [1.807, 2.05) is 51.2 Å². The molecule has 1 unspecified atom stereocenters. The second kappa shape index (κ2) is 6.45. The number of rotatable bonds is 5. The van der Waals surface area contributed by atoms with Crippen molar-refractivity contribution < 1.29 is 9.21 Å². The molecule has 0 saturated carbocycles. The summed E-state index contributed by atoms with van der Waals surface area (Å²) in [7, 11) is 0. The Morgan fingerprint density at radius 2 is 2.04 bits per heavy atom. The Morgan fingerprint density at radius 3 is 2.83 bits per heavy atom. The lowest BCUT2D eigenvalue weighted by Crippen LogP contribution is -2.35. The lowest BCUT2D eigenvalue weighted by molar-refractivity contribution is -0.120. The van der Waals surface area contributed by atoms with Gasteiger partial charge < -0.3 is 14.7 Å².